The van der Waals surface area contributed by atoms with Crippen molar-refractivity contribution in [2.45, 2.75) is 26.0 Å². The molecule has 4 heteroatoms. The molecule has 16 heavy (non-hydrogen) atoms. The van der Waals surface area contributed by atoms with Gasteiger partial charge in [-0.2, -0.15) is 0 Å². The molecule has 0 amide bonds. The van der Waals surface area contributed by atoms with E-state index in [1.54, 1.807) is 11.8 Å². The second kappa shape index (κ2) is 4.80. The van der Waals surface area contributed by atoms with Crippen LogP contribution < -0.4 is 5.32 Å². The maximum absolute atomic E-state index is 4.46. The van der Waals surface area contributed by atoms with Crippen LogP contribution in [0.2, 0.25) is 0 Å². The molecule has 1 unspecified atom stereocenters. The number of amidine groups is 1. The molecule has 1 aliphatic rings. The molecule has 0 fully saturated rings. The van der Waals surface area contributed by atoms with Crippen LogP contribution in [0.15, 0.2) is 21.6 Å². The number of anilines is 1. The number of aliphatic imine (C=N–C) groups is 1. The third-order valence-corrected chi connectivity index (χ3v) is 4.10. The van der Waals surface area contributed by atoms with E-state index in [0.717, 1.165) is 21.9 Å². The van der Waals surface area contributed by atoms with Gasteiger partial charge in [0.2, 0.25) is 0 Å². The van der Waals surface area contributed by atoms with Gasteiger partial charge in [-0.25, -0.2) is 0 Å². The van der Waals surface area contributed by atoms with Gasteiger partial charge in [0.25, 0.3) is 0 Å². The topological polar surface area (TPSA) is 24.4 Å². The lowest BCUT2D eigenvalue weighted by Gasteiger charge is -2.12. The third-order valence-electron chi connectivity index (χ3n) is 2.47. The molecule has 86 valence electrons. The Labute approximate surface area is 109 Å². The number of hydrogen-bond acceptors (Lipinski definition) is 3. The standard InChI is InChI=1S/C12H15BrN2S/c1-7-4-8(2)11(10(13)5-7)15-12-14-6-9(3)16-12/h4-5,9H,6H2,1-3H3,(H,14,15). The second-order valence-corrected chi connectivity index (χ2v) is 6.42. The summed E-state index contributed by atoms with van der Waals surface area (Å²) in [5, 5.41) is 5.02. The number of nitrogens with zero attached hydrogens (tertiary/aromatic N) is 1. The van der Waals surface area contributed by atoms with E-state index in [2.05, 4.69) is 59.1 Å². The molecule has 0 aliphatic carbocycles. The molecule has 2 nitrogen and oxygen atoms in total. The molecular formula is C12H15BrN2S. The summed E-state index contributed by atoms with van der Waals surface area (Å²) in [7, 11) is 0. The molecule has 0 saturated heterocycles. The minimum Gasteiger partial charge on any atom is -0.334 e. The molecule has 1 heterocycles. The lowest BCUT2D eigenvalue weighted by molar-refractivity contribution is 0.976. The number of rotatable bonds is 1. The van der Waals surface area contributed by atoms with Crippen LogP contribution in [0.1, 0.15) is 18.1 Å². The van der Waals surface area contributed by atoms with Gasteiger partial charge in [-0.15, -0.1) is 0 Å². The van der Waals surface area contributed by atoms with Gasteiger partial charge < -0.3 is 5.32 Å². The first-order valence-corrected chi connectivity index (χ1v) is 6.98. The highest BCUT2D eigenvalue weighted by Crippen LogP contribution is 2.30. The number of benzene rings is 1. The molecule has 0 radical (unpaired) electrons. The minimum absolute atomic E-state index is 0.590. The number of nitrogens with one attached hydrogen (secondary N) is 1. The molecule has 0 saturated carbocycles. The SMILES string of the molecule is Cc1cc(C)c(NC2=NCC(C)S2)c(Br)c1. The van der Waals surface area contributed by atoms with Crippen LogP contribution in [-0.4, -0.2) is 17.0 Å². The molecular weight excluding hydrogens is 284 g/mol. The summed E-state index contributed by atoms with van der Waals surface area (Å²) in [6.45, 7) is 7.32. The monoisotopic (exact) mass is 298 g/mol. The first-order chi connectivity index (χ1) is 7.56. The van der Waals surface area contributed by atoms with Crippen molar-refractivity contribution < 1.29 is 0 Å². The van der Waals surface area contributed by atoms with E-state index in [1.807, 2.05) is 0 Å². The fraction of sp³-hybridized carbons (Fsp3) is 0.417. The number of thioether (sulfide) groups is 1. The van der Waals surface area contributed by atoms with E-state index in [9.17, 15) is 0 Å². The van der Waals surface area contributed by atoms with Gasteiger partial charge in [-0.05, 0) is 47.0 Å². The summed E-state index contributed by atoms with van der Waals surface area (Å²) < 4.78 is 1.10. The van der Waals surface area contributed by atoms with E-state index in [1.165, 1.54) is 11.1 Å². The largest absolute Gasteiger partial charge is 0.334 e. The van der Waals surface area contributed by atoms with Crippen molar-refractivity contribution in [3.8, 4) is 0 Å². The molecule has 0 spiro atoms. The molecule has 2 rings (SSSR count). The maximum Gasteiger partial charge on any atom is 0.161 e. The Kier molecular flexibility index (Phi) is 3.60. The highest BCUT2D eigenvalue weighted by molar-refractivity contribution is 9.10. The normalized spacial score (nSPS) is 19.8. The second-order valence-electron chi connectivity index (χ2n) is 4.14. The molecule has 0 bridgehead atoms. The molecule has 1 aromatic carbocycles. The quantitative estimate of drug-likeness (QED) is 0.848. The Morgan fingerprint density at radius 2 is 2.19 bits per heavy atom. The zero-order valence-electron chi connectivity index (χ0n) is 9.67. The summed E-state index contributed by atoms with van der Waals surface area (Å²) in [4.78, 5) is 4.46. The summed E-state index contributed by atoms with van der Waals surface area (Å²) >= 11 is 5.39. The highest BCUT2D eigenvalue weighted by Gasteiger charge is 2.16. The lowest BCUT2D eigenvalue weighted by atomic mass is 10.1. The zero-order chi connectivity index (χ0) is 11.7. The van der Waals surface area contributed by atoms with Gasteiger partial charge in [0.15, 0.2) is 5.17 Å². The molecule has 1 aromatic rings. The number of aryl methyl sites for hydroxylation is 2. The van der Waals surface area contributed by atoms with Gasteiger partial charge in [-0.3, -0.25) is 4.99 Å². The van der Waals surface area contributed by atoms with Gasteiger partial charge in [0.1, 0.15) is 0 Å². The van der Waals surface area contributed by atoms with E-state index in [-0.39, 0.29) is 0 Å². The first-order valence-electron chi connectivity index (χ1n) is 5.31. The number of halogens is 1. The van der Waals surface area contributed by atoms with Crippen LogP contribution in [0, 0.1) is 13.8 Å². The fourth-order valence-electron chi connectivity index (χ4n) is 1.73. The summed E-state index contributed by atoms with van der Waals surface area (Å²) in [6, 6.07) is 4.30. The lowest BCUT2D eigenvalue weighted by Crippen LogP contribution is -2.08. The molecule has 1 atom stereocenters. The first kappa shape index (κ1) is 12.0. The van der Waals surface area contributed by atoms with Crippen LogP contribution >= 0.6 is 27.7 Å². The summed E-state index contributed by atoms with van der Waals surface area (Å²) in [6.07, 6.45) is 0. The van der Waals surface area contributed by atoms with E-state index < -0.39 is 0 Å². The van der Waals surface area contributed by atoms with Gasteiger partial charge >= 0.3 is 0 Å². The zero-order valence-corrected chi connectivity index (χ0v) is 12.1. The van der Waals surface area contributed by atoms with Crippen LogP contribution in [0.5, 0.6) is 0 Å². The van der Waals surface area contributed by atoms with Crippen molar-refractivity contribution >= 4 is 38.5 Å². The van der Waals surface area contributed by atoms with Crippen molar-refractivity contribution in [2.24, 2.45) is 4.99 Å². The van der Waals surface area contributed by atoms with E-state index >= 15 is 0 Å². The molecule has 1 aliphatic heterocycles. The van der Waals surface area contributed by atoms with Gasteiger partial charge in [0.05, 0.1) is 12.2 Å². The van der Waals surface area contributed by atoms with Crippen molar-refractivity contribution in [3.63, 3.8) is 0 Å². The predicted molar refractivity (Wildman–Crippen MR) is 76.6 cm³/mol. The number of hydrogen-bond donors (Lipinski definition) is 1. The van der Waals surface area contributed by atoms with E-state index in [4.69, 9.17) is 0 Å². The Morgan fingerprint density at radius 3 is 2.75 bits per heavy atom. The summed E-state index contributed by atoms with van der Waals surface area (Å²) in [5.41, 5.74) is 3.64. The van der Waals surface area contributed by atoms with Crippen molar-refractivity contribution in [2.75, 3.05) is 11.9 Å². The predicted octanol–water partition coefficient (Wildman–Crippen LogP) is 3.97. The Hall–Kier alpha value is -0.480. The van der Waals surface area contributed by atoms with Gasteiger partial charge in [-0.1, -0.05) is 24.8 Å². The van der Waals surface area contributed by atoms with Crippen molar-refractivity contribution in [1.29, 1.82) is 0 Å². The maximum atomic E-state index is 4.46. The smallest absolute Gasteiger partial charge is 0.161 e. The van der Waals surface area contributed by atoms with Crippen molar-refractivity contribution in [3.05, 3.63) is 27.7 Å². The van der Waals surface area contributed by atoms with Crippen LogP contribution in [0.25, 0.3) is 0 Å². The Bertz CT molecular complexity index is 420. The van der Waals surface area contributed by atoms with Gasteiger partial charge in [0, 0.05) is 9.72 Å². The minimum atomic E-state index is 0.590. The molecule has 1 N–H and O–H groups in total. The van der Waals surface area contributed by atoms with E-state index in [0.29, 0.717) is 5.25 Å². The highest BCUT2D eigenvalue weighted by atomic mass is 79.9. The molecule has 0 aromatic heterocycles. The third kappa shape index (κ3) is 2.61. The van der Waals surface area contributed by atoms with Crippen LogP contribution in [-0.2, 0) is 0 Å². The Balaban J connectivity index is 2.22. The van der Waals surface area contributed by atoms with Crippen LogP contribution in [0.3, 0.4) is 0 Å². The van der Waals surface area contributed by atoms with Crippen LogP contribution in [0.4, 0.5) is 5.69 Å². The average Bonchev–Trinajstić information content (AvgIpc) is 2.58. The average molecular weight is 299 g/mol. The fourth-order valence-corrected chi connectivity index (χ4v) is 3.34. The summed E-state index contributed by atoms with van der Waals surface area (Å²) in [5.74, 6) is 0. The Morgan fingerprint density at radius 1 is 1.44 bits per heavy atom. The van der Waals surface area contributed by atoms with Crippen molar-refractivity contribution in [1.82, 2.24) is 0 Å².